The second-order valence-corrected chi connectivity index (χ2v) is 8.68. The van der Waals surface area contributed by atoms with Gasteiger partial charge in [0.15, 0.2) is 0 Å². The largest absolute Gasteiger partial charge is 0.497 e. The minimum absolute atomic E-state index is 0.0873. The van der Waals surface area contributed by atoms with Gasteiger partial charge in [0.2, 0.25) is 9.84 Å². The quantitative estimate of drug-likeness (QED) is 0.571. The molecule has 3 rings (SSSR count). The van der Waals surface area contributed by atoms with E-state index in [0.717, 1.165) is 5.69 Å². The van der Waals surface area contributed by atoms with Gasteiger partial charge in [0, 0.05) is 17.8 Å². The Balaban J connectivity index is 2.16. The summed E-state index contributed by atoms with van der Waals surface area (Å²) in [5.74, 6) is 0.330. The van der Waals surface area contributed by atoms with Crippen molar-refractivity contribution >= 4 is 21.6 Å². The van der Waals surface area contributed by atoms with Gasteiger partial charge in [0.1, 0.15) is 16.5 Å². The van der Waals surface area contributed by atoms with E-state index in [1.165, 1.54) is 7.11 Å². The van der Waals surface area contributed by atoms with Gasteiger partial charge in [-0.1, -0.05) is 30.3 Å². The maximum atomic E-state index is 13.5. The van der Waals surface area contributed by atoms with Crippen LogP contribution in [0.4, 0.5) is 5.82 Å². The van der Waals surface area contributed by atoms with Crippen LogP contribution in [0.2, 0.25) is 0 Å². The number of anilines is 1. The number of amides is 1. The van der Waals surface area contributed by atoms with Gasteiger partial charge in [-0.05, 0) is 49.7 Å². The zero-order chi connectivity index (χ0) is 21.9. The highest BCUT2D eigenvalue weighted by molar-refractivity contribution is 7.91. The van der Waals surface area contributed by atoms with E-state index in [9.17, 15) is 13.2 Å². The number of rotatable bonds is 7. The molecule has 0 saturated carbocycles. The molecule has 1 amide bonds. The third-order valence-corrected chi connectivity index (χ3v) is 6.90. The van der Waals surface area contributed by atoms with E-state index in [1.807, 2.05) is 6.92 Å². The van der Waals surface area contributed by atoms with Crippen molar-refractivity contribution in [1.29, 1.82) is 0 Å². The first-order chi connectivity index (χ1) is 14.3. The lowest BCUT2D eigenvalue weighted by atomic mass is 10.2. The van der Waals surface area contributed by atoms with Crippen LogP contribution in [0.5, 0.6) is 5.75 Å². The van der Waals surface area contributed by atoms with Crippen LogP contribution in [-0.4, -0.2) is 26.0 Å². The number of hydrogen-bond acceptors (Lipinski definition) is 4. The molecule has 1 heterocycles. The summed E-state index contributed by atoms with van der Waals surface area (Å²) in [4.78, 5) is 13.2. The van der Waals surface area contributed by atoms with Crippen LogP contribution in [0, 0.1) is 13.8 Å². The predicted octanol–water partition coefficient (Wildman–Crippen LogP) is 4.38. The van der Waals surface area contributed by atoms with Gasteiger partial charge in [0.05, 0.1) is 12.0 Å². The van der Waals surface area contributed by atoms with Gasteiger partial charge >= 0.3 is 0 Å². The van der Waals surface area contributed by atoms with Crippen molar-refractivity contribution in [3.63, 3.8) is 0 Å². The molecule has 2 aromatic carbocycles. The molecular formula is C23H24N2O4S. The molecule has 0 radical (unpaired) electrons. The van der Waals surface area contributed by atoms with Crippen LogP contribution in [0.15, 0.2) is 77.0 Å². The second kappa shape index (κ2) is 8.59. The van der Waals surface area contributed by atoms with Gasteiger partial charge in [-0.15, -0.1) is 6.58 Å². The lowest BCUT2D eigenvalue weighted by molar-refractivity contribution is 0.102. The number of ether oxygens (including phenoxy) is 1. The minimum Gasteiger partial charge on any atom is -0.497 e. The van der Waals surface area contributed by atoms with E-state index >= 15 is 0 Å². The Morgan fingerprint density at radius 2 is 1.83 bits per heavy atom. The Bertz CT molecular complexity index is 1200. The molecule has 0 spiro atoms. The lowest BCUT2D eigenvalue weighted by Crippen LogP contribution is -2.18. The number of sulfone groups is 1. The van der Waals surface area contributed by atoms with E-state index in [-0.39, 0.29) is 15.6 Å². The zero-order valence-electron chi connectivity index (χ0n) is 17.2. The fraction of sp³-hybridized carbons (Fsp3) is 0.174. The average molecular weight is 425 g/mol. The van der Waals surface area contributed by atoms with Crippen molar-refractivity contribution in [3.05, 3.63) is 84.1 Å². The summed E-state index contributed by atoms with van der Waals surface area (Å²) in [6.45, 7) is 7.68. The van der Waals surface area contributed by atoms with Crippen molar-refractivity contribution in [3.8, 4) is 5.75 Å². The minimum atomic E-state index is -3.86. The van der Waals surface area contributed by atoms with E-state index in [1.54, 1.807) is 72.2 Å². The van der Waals surface area contributed by atoms with Gasteiger partial charge in [0.25, 0.3) is 5.91 Å². The van der Waals surface area contributed by atoms with E-state index in [4.69, 9.17) is 4.74 Å². The number of carbonyl (C=O) groups excluding carboxylic acids is 1. The molecule has 0 fully saturated rings. The van der Waals surface area contributed by atoms with Crippen molar-refractivity contribution < 1.29 is 17.9 Å². The molecule has 1 aromatic heterocycles. The topological polar surface area (TPSA) is 77.4 Å². The van der Waals surface area contributed by atoms with Gasteiger partial charge < -0.3 is 14.6 Å². The van der Waals surface area contributed by atoms with Crippen molar-refractivity contribution in [2.75, 3.05) is 12.4 Å². The molecule has 3 aromatic rings. The normalized spacial score (nSPS) is 11.2. The summed E-state index contributed by atoms with van der Waals surface area (Å²) in [5, 5.41) is 2.81. The van der Waals surface area contributed by atoms with Gasteiger partial charge in [-0.25, -0.2) is 8.42 Å². The number of hydrogen-bond donors (Lipinski definition) is 1. The standard InChI is InChI=1S/C23H24N2O4S/c1-5-14-25-17(3)16(2)21(30(27,28)20-12-7-6-8-13-20)22(25)24-23(26)18-10-9-11-19(15-18)29-4/h5-13,15H,1,14H2,2-4H3,(H,24,26). The van der Waals surface area contributed by atoms with Crippen molar-refractivity contribution in [1.82, 2.24) is 4.57 Å². The van der Waals surface area contributed by atoms with Crippen LogP contribution in [0.1, 0.15) is 21.6 Å². The maximum absolute atomic E-state index is 13.5. The number of benzene rings is 2. The van der Waals surface area contributed by atoms with E-state index < -0.39 is 15.7 Å². The number of allylic oxidation sites excluding steroid dienone is 1. The molecule has 0 bridgehead atoms. The molecule has 0 aliphatic heterocycles. The Kier molecular flexibility index (Phi) is 6.12. The smallest absolute Gasteiger partial charge is 0.256 e. The summed E-state index contributed by atoms with van der Waals surface area (Å²) in [7, 11) is -2.34. The third kappa shape index (κ3) is 3.89. The lowest BCUT2D eigenvalue weighted by Gasteiger charge is -2.13. The molecule has 0 saturated heterocycles. The fourth-order valence-electron chi connectivity index (χ4n) is 3.31. The number of methoxy groups -OCH3 is 1. The molecule has 7 heteroatoms. The molecule has 0 aliphatic carbocycles. The summed E-state index contributed by atoms with van der Waals surface area (Å²) in [5.41, 5.74) is 1.69. The Labute approximate surface area is 176 Å². The average Bonchev–Trinajstić information content (AvgIpc) is 2.99. The SMILES string of the molecule is C=CCn1c(C)c(C)c(S(=O)(=O)c2ccccc2)c1NC(=O)c1cccc(OC)c1. The monoisotopic (exact) mass is 424 g/mol. The maximum Gasteiger partial charge on any atom is 0.256 e. The second-order valence-electron chi connectivity index (χ2n) is 6.79. The molecule has 156 valence electrons. The van der Waals surface area contributed by atoms with Crippen LogP contribution in [-0.2, 0) is 16.4 Å². The first-order valence-corrected chi connectivity index (χ1v) is 10.9. The van der Waals surface area contributed by atoms with Gasteiger partial charge in [-0.2, -0.15) is 0 Å². The number of carbonyl (C=O) groups is 1. The summed E-state index contributed by atoms with van der Waals surface area (Å²) < 4.78 is 33.8. The fourth-order valence-corrected chi connectivity index (χ4v) is 5.02. The first-order valence-electron chi connectivity index (χ1n) is 9.37. The summed E-state index contributed by atoms with van der Waals surface area (Å²) in [6.07, 6.45) is 1.66. The van der Waals surface area contributed by atoms with E-state index in [0.29, 0.717) is 23.4 Å². The van der Waals surface area contributed by atoms with Gasteiger partial charge in [-0.3, -0.25) is 4.79 Å². The molecule has 1 N–H and O–H groups in total. The molecular weight excluding hydrogens is 400 g/mol. The van der Waals surface area contributed by atoms with Crippen LogP contribution >= 0.6 is 0 Å². The Morgan fingerprint density at radius 3 is 2.47 bits per heavy atom. The molecule has 30 heavy (non-hydrogen) atoms. The molecule has 0 atom stereocenters. The number of nitrogens with zero attached hydrogens (tertiary/aromatic N) is 1. The Hall–Kier alpha value is -3.32. The predicted molar refractivity (Wildman–Crippen MR) is 117 cm³/mol. The molecule has 0 aliphatic rings. The van der Waals surface area contributed by atoms with Crippen LogP contribution in [0.25, 0.3) is 0 Å². The summed E-state index contributed by atoms with van der Waals surface area (Å²) >= 11 is 0. The van der Waals surface area contributed by atoms with Crippen LogP contribution in [0.3, 0.4) is 0 Å². The third-order valence-electron chi connectivity index (χ3n) is 4.97. The number of nitrogens with one attached hydrogen (secondary N) is 1. The molecule has 0 unspecified atom stereocenters. The summed E-state index contributed by atoms with van der Waals surface area (Å²) in [6, 6.07) is 14.9. The number of aromatic nitrogens is 1. The highest BCUT2D eigenvalue weighted by Gasteiger charge is 2.30. The molecule has 6 nitrogen and oxygen atoms in total. The van der Waals surface area contributed by atoms with E-state index in [2.05, 4.69) is 11.9 Å². The highest BCUT2D eigenvalue weighted by atomic mass is 32.2. The first kappa shape index (κ1) is 21.4. The van der Waals surface area contributed by atoms with Crippen LogP contribution < -0.4 is 10.1 Å². The highest BCUT2D eigenvalue weighted by Crippen LogP contribution is 2.35. The Morgan fingerprint density at radius 1 is 1.13 bits per heavy atom. The van der Waals surface area contributed by atoms with Crippen molar-refractivity contribution in [2.24, 2.45) is 0 Å². The van der Waals surface area contributed by atoms with Crippen molar-refractivity contribution in [2.45, 2.75) is 30.2 Å². The zero-order valence-corrected chi connectivity index (χ0v) is 18.0.